The summed E-state index contributed by atoms with van der Waals surface area (Å²) >= 11 is 0. The fourth-order valence-corrected chi connectivity index (χ4v) is 2.02. The van der Waals surface area contributed by atoms with Gasteiger partial charge in [-0.25, -0.2) is 0 Å². The van der Waals surface area contributed by atoms with Crippen LogP contribution in [0.5, 0.6) is 0 Å². The molecule has 0 bridgehead atoms. The molecule has 0 aromatic carbocycles. The maximum absolute atomic E-state index is 4.01. The monoisotopic (exact) mass is 181 g/mol. The van der Waals surface area contributed by atoms with Crippen molar-refractivity contribution in [2.75, 3.05) is 6.54 Å². The summed E-state index contributed by atoms with van der Waals surface area (Å²) in [5.74, 6) is 0. The predicted molar refractivity (Wildman–Crippen MR) is 58.9 cm³/mol. The molecule has 1 saturated carbocycles. The van der Waals surface area contributed by atoms with Crippen molar-refractivity contribution < 1.29 is 0 Å². The molecule has 76 valence electrons. The Hall–Kier alpha value is -0.300. The highest BCUT2D eigenvalue weighted by atomic mass is 14.9. The lowest BCUT2D eigenvalue weighted by Crippen LogP contribution is -2.28. The summed E-state index contributed by atoms with van der Waals surface area (Å²) in [6.07, 6.45) is 5.13. The Bertz CT molecular complexity index is 182. The van der Waals surface area contributed by atoms with E-state index in [9.17, 15) is 0 Å². The van der Waals surface area contributed by atoms with E-state index in [1.54, 1.807) is 0 Å². The third-order valence-corrected chi connectivity index (χ3v) is 3.11. The van der Waals surface area contributed by atoms with E-state index in [1.807, 2.05) is 0 Å². The molecular formula is C12H23N. The number of rotatable bonds is 4. The summed E-state index contributed by atoms with van der Waals surface area (Å²) in [4.78, 5) is 0. The molecule has 0 heterocycles. The molecule has 0 amide bonds. The summed E-state index contributed by atoms with van der Waals surface area (Å²) in [6.45, 7) is 11.9. The summed E-state index contributed by atoms with van der Waals surface area (Å²) in [6, 6.07) is 0.735. The lowest BCUT2D eigenvalue weighted by Gasteiger charge is -2.18. The standard InChI is InChI=1S/C12H23N/c1-5-10(2)9-13-11-6-7-12(3,4)8-11/h11,13H,2,5-9H2,1,3-4H3. The minimum Gasteiger partial charge on any atom is -0.310 e. The van der Waals surface area contributed by atoms with E-state index >= 15 is 0 Å². The van der Waals surface area contributed by atoms with E-state index in [0.29, 0.717) is 5.41 Å². The van der Waals surface area contributed by atoms with E-state index in [1.165, 1.54) is 24.8 Å². The molecule has 13 heavy (non-hydrogen) atoms. The highest BCUT2D eigenvalue weighted by Gasteiger charge is 2.30. The zero-order valence-corrected chi connectivity index (χ0v) is 9.32. The second-order valence-electron chi connectivity index (χ2n) is 5.09. The first-order chi connectivity index (χ1) is 6.03. The van der Waals surface area contributed by atoms with Crippen LogP contribution < -0.4 is 5.32 Å². The van der Waals surface area contributed by atoms with Crippen LogP contribution in [0.3, 0.4) is 0 Å². The van der Waals surface area contributed by atoms with Crippen LogP contribution in [-0.4, -0.2) is 12.6 Å². The van der Waals surface area contributed by atoms with Gasteiger partial charge in [-0.3, -0.25) is 0 Å². The van der Waals surface area contributed by atoms with Crippen molar-refractivity contribution in [2.45, 2.75) is 52.5 Å². The van der Waals surface area contributed by atoms with Gasteiger partial charge >= 0.3 is 0 Å². The van der Waals surface area contributed by atoms with Crippen molar-refractivity contribution in [3.63, 3.8) is 0 Å². The van der Waals surface area contributed by atoms with Crippen molar-refractivity contribution in [2.24, 2.45) is 5.41 Å². The topological polar surface area (TPSA) is 12.0 Å². The minimum atomic E-state index is 0.561. The highest BCUT2D eigenvalue weighted by molar-refractivity contribution is 4.97. The Morgan fingerprint density at radius 3 is 2.69 bits per heavy atom. The van der Waals surface area contributed by atoms with Crippen LogP contribution in [0.25, 0.3) is 0 Å². The van der Waals surface area contributed by atoms with Gasteiger partial charge in [0.1, 0.15) is 0 Å². The van der Waals surface area contributed by atoms with Gasteiger partial charge in [-0.2, -0.15) is 0 Å². The number of nitrogens with one attached hydrogen (secondary N) is 1. The maximum Gasteiger partial charge on any atom is 0.0164 e. The summed E-state index contributed by atoms with van der Waals surface area (Å²) in [5.41, 5.74) is 1.88. The Kier molecular flexibility index (Phi) is 3.55. The molecule has 1 aliphatic carbocycles. The SMILES string of the molecule is C=C(CC)CNC1CCC(C)(C)C1. The smallest absolute Gasteiger partial charge is 0.0164 e. The number of hydrogen-bond donors (Lipinski definition) is 1. The fourth-order valence-electron chi connectivity index (χ4n) is 2.02. The first-order valence-electron chi connectivity index (χ1n) is 5.43. The van der Waals surface area contributed by atoms with Crippen LogP contribution in [0, 0.1) is 5.41 Å². The van der Waals surface area contributed by atoms with Gasteiger partial charge < -0.3 is 5.32 Å². The van der Waals surface area contributed by atoms with Gasteiger partial charge in [-0.15, -0.1) is 0 Å². The van der Waals surface area contributed by atoms with Gasteiger partial charge in [0, 0.05) is 12.6 Å². The lowest BCUT2D eigenvalue weighted by atomic mass is 9.92. The molecule has 0 saturated heterocycles. The summed E-state index contributed by atoms with van der Waals surface area (Å²) < 4.78 is 0. The second kappa shape index (κ2) is 4.28. The van der Waals surface area contributed by atoms with Gasteiger partial charge in [-0.05, 0) is 31.1 Å². The van der Waals surface area contributed by atoms with Crippen LogP contribution >= 0.6 is 0 Å². The van der Waals surface area contributed by atoms with E-state index in [0.717, 1.165) is 19.0 Å². The largest absolute Gasteiger partial charge is 0.310 e. The number of hydrogen-bond acceptors (Lipinski definition) is 1. The lowest BCUT2D eigenvalue weighted by molar-refractivity contribution is 0.366. The predicted octanol–water partition coefficient (Wildman–Crippen LogP) is 3.12. The average Bonchev–Trinajstić information content (AvgIpc) is 2.41. The Labute approximate surface area is 82.6 Å². The Morgan fingerprint density at radius 1 is 1.54 bits per heavy atom. The highest BCUT2D eigenvalue weighted by Crippen LogP contribution is 2.36. The molecule has 0 spiro atoms. The third-order valence-electron chi connectivity index (χ3n) is 3.11. The molecule has 1 unspecified atom stereocenters. The van der Waals surface area contributed by atoms with E-state index < -0.39 is 0 Å². The maximum atomic E-state index is 4.01. The molecule has 0 radical (unpaired) electrons. The van der Waals surface area contributed by atoms with Gasteiger partial charge in [-0.1, -0.05) is 32.9 Å². The van der Waals surface area contributed by atoms with Crippen LogP contribution in [0.1, 0.15) is 46.5 Å². The summed E-state index contributed by atoms with van der Waals surface area (Å²) in [7, 11) is 0. The molecule has 1 aliphatic rings. The second-order valence-corrected chi connectivity index (χ2v) is 5.09. The van der Waals surface area contributed by atoms with Crippen LogP contribution in [-0.2, 0) is 0 Å². The van der Waals surface area contributed by atoms with Crippen LogP contribution in [0.15, 0.2) is 12.2 Å². The van der Waals surface area contributed by atoms with Crippen LogP contribution in [0.4, 0.5) is 0 Å². The van der Waals surface area contributed by atoms with Gasteiger partial charge in [0.25, 0.3) is 0 Å². The van der Waals surface area contributed by atoms with Crippen LogP contribution in [0.2, 0.25) is 0 Å². The first-order valence-corrected chi connectivity index (χ1v) is 5.43. The molecule has 1 nitrogen and oxygen atoms in total. The van der Waals surface area contributed by atoms with Crippen molar-refractivity contribution in [1.29, 1.82) is 0 Å². The molecule has 1 fully saturated rings. The van der Waals surface area contributed by atoms with Crippen molar-refractivity contribution in [3.8, 4) is 0 Å². The van der Waals surface area contributed by atoms with Crippen molar-refractivity contribution in [3.05, 3.63) is 12.2 Å². The zero-order chi connectivity index (χ0) is 9.90. The van der Waals surface area contributed by atoms with Crippen molar-refractivity contribution in [1.82, 2.24) is 5.32 Å². The van der Waals surface area contributed by atoms with Crippen molar-refractivity contribution >= 4 is 0 Å². The average molecular weight is 181 g/mol. The molecule has 1 N–H and O–H groups in total. The Morgan fingerprint density at radius 2 is 2.23 bits per heavy atom. The van der Waals surface area contributed by atoms with E-state index in [-0.39, 0.29) is 0 Å². The normalized spacial score (nSPS) is 26.2. The molecule has 1 heteroatoms. The Balaban J connectivity index is 2.21. The summed E-state index contributed by atoms with van der Waals surface area (Å²) in [5, 5.41) is 3.59. The quantitative estimate of drug-likeness (QED) is 0.657. The molecule has 0 aromatic heterocycles. The zero-order valence-electron chi connectivity index (χ0n) is 9.32. The fraction of sp³-hybridized carbons (Fsp3) is 0.833. The van der Waals surface area contributed by atoms with Gasteiger partial charge in [0.15, 0.2) is 0 Å². The van der Waals surface area contributed by atoms with E-state index in [4.69, 9.17) is 0 Å². The van der Waals surface area contributed by atoms with E-state index in [2.05, 4.69) is 32.7 Å². The molecule has 1 rings (SSSR count). The molecule has 1 atom stereocenters. The van der Waals surface area contributed by atoms with Gasteiger partial charge in [0.2, 0.25) is 0 Å². The first kappa shape index (κ1) is 10.8. The molecular weight excluding hydrogens is 158 g/mol. The third kappa shape index (κ3) is 3.51. The van der Waals surface area contributed by atoms with Gasteiger partial charge in [0.05, 0.1) is 0 Å². The minimum absolute atomic E-state index is 0.561. The molecule has 0 aliphatic heterocycles. The molecule has 0 aromatic rings.